The zero-order valence-electron chi connectivity index (χ0n) is 17.6. The van der Waals surface area contributed by atoms with E-state index in [-0.39, 0.29) is 28.5 Å². The largest absolute Gasteiger partial charge is 0.491 e. The van der Waals surface area contributed by atoms with Gasteiger partial charge in [-0.25, -0.2) is 13.2 Å². The number of hydrogen-bond donors (Lipinski definition) is 0. The van der Waals surface area contributed by atoms with Gasteiger partial charge in [0.1, 0.15) is 0 Å². The summed E-state index contributed by atoms with van der Waals surface area (Å²) in [6.45, 7) is 5.27. The molecule has 1 aliphatic heterocycles. The summed E-state index contributed by atoms with van der Waals surface area (Å²) in [6, 6.07) is 7.09. The third kappa shape index (κ3) is 5.35. The van der Waals surface area contributed by atoms with E-state index >= 15 is 0 Å². The molecule has 30 heavy (non-hydrogen) atoms. The van der Waals surface area contributed by atoms with Crippen LogP contribution < -0.4 is 4.74 Å². The van der Waals surface area contributed by atoms with Gasteiger partial charge in [-0.2, -0.15) is 0 Å². The molecule has 2 unspecified atom stereocenters. The monoisotopic (exact) mass is 422 g/mol. The Hall–Kier alpha value is -2.05. The van der Waals surface area contributed by atoms with Gasteiger partial charge in [-0.3, -0.25) is 0 Å². The van der Waals surface area contributed by atoms with Crippen LogP contribution in [-0.4, -0.2) is 25.9 Å². The predicted octanol–water partition coefficient (Wildman–Crippen LogP) is 6.60. The minimum Gasteiger partial charge on any atom is -0.491 e. The Kier molecular flexibility index (Phi) is 8.16. The van der Waals surface area contributed by atoms with Gasteiger partial charge in [0.2, 0.25) is 0 Å². The van der Waals surface area contributed by atoms with Gasteiger partial charge in [0.25, 0.3) is 0 Å². The van der Waals surface area contributed by atoms with Crippen LogP contribution in [0.5, 0.6) is 5.75 Å². The summed E-state index contributed by atoms with van der Waals surface area (Å²) in [4.78, 5) is 0. The van der Waals surface area contributed by atoms with Crippen molar-refractivity contribution in [1.82, 2.24) is 0 Å². The van der Waals surface area contributed by atoms with E-state index in [2.05, 4.69) is 6.92 Å². The van der Waals surface area contributed by atoms with E-state index in [1.54, 1.807) is 6.92 Å². The molecule has 0 N–H and O–H groups in total. The van der Waals surface area contributed by atoms with E-state index in [9.17, 15) is 13.2 Å². The van der Waals surface area contributed by atoms with E-state index in [0.717, 1.165) is 31.7 Å². The smallest absolute Gasteiger partial charge is 0.167 e. The molecule has 0 radical (unpaired) electrons. The first-order valence-corrected chi connectivity index (χ1v) is 10.7. The summed E-state index contributed by atoms with van der Waals surface area (Å²) < 4.78 is 60.4. The molecule has 2 aromatic rings. The normalized spacial score (nSPS) is 19.1. The van der Waals surface area contributed by atoms with Crippen LogP contribution in [0, 0.1) is 17.5 Å². The van der Waals surface area contributed by atoms with Crippen molar-refractivity contribution in [2.45, 2.75) is 58.2 Å². The predicted molar refractivity (Wildman–Crippen MR) is 110 cm³/mol. The summed E-state index contributed by atoms with van der Waals surface area (Å²) in [5, 5.41) is 0. The van der Waals surface area contributed by atoms with Gasteiger partial charge < -0.3 is 14.2 Å². The Bertz CT molecular complexity index is 833. The van der Waals surface area contributed by atoms with Crippen LogP contribution in [-0.2, 0) is 9.47 Å². The molecule has 1 aliphatic rings. The van der Waals surface area contributed by atoms with E-state index in [1.165, 1.54) is 24.3 Å². The lowest BCUT2D eigenvalue weighted by molar-refractivity contribution is -0.0882. The van der Waals surface area contributed by atoms with Crippen molar-refractivity contribution in [3.63, 3.8) is 0 Å². The Morgan fingerprint density at radius 2 is 1.83 bits per heavy atom. The van der Waals surface area contributed by atoms with Crippen molar-refractivity contribution in [2.75, 3.05) is 19.8 Å². The molecule has 2 aromatic carbocycles. The molecule has 6 heteroatoms. The van der Waals surface area contributed by atoms with Crippen LogP contribution in [0.4, 0.5) is 13.2 Å². The van der Waals surface area contributed by atoms with Crippen molar-refractivity contribution in [1.29, 1.82) is 0 Å². The molecule has 0 saturated carbocycles. The minimum absolute atomic E-state index is 0.00267. The number of rotatable bonds is 9. The summed E-state index contributed by atoms with van der Waals surface area (Å²) in [7, 11) is 0. The number of hydrogen-bond acceptors (Lipinski definition) is 3. The quantitative estimate of drug-likeness (QED) is 0.426. The maximum Gasteiger partial charge on any atom is 0.167 e. The number of ether oxygens (including phenoxy) is 3. The fourth-order valence-electron chi connectivity index (χ4n) is 3.68. The molecule has 1 saturated heterocycles. The first kappa shape index (κ1) is 22.6. The maximum absolute atomic E-state index is 14.8. The highest BCUT2D eigenvalue weighted by Gasteiger charge is 2.27. The lowest BCUT2D eigenvalue weighted by atomic mass is 9.96. The number of halogens is 3. The Labute approximate surface area is 176 Å². The zero-order valence-corrected chi connectivity index (χ0v) is 17.6. The Balaban J connectivity index is 1.68. The third-order valence-electron chi connectivity index (χ3n) is 5.34. The second-order valence-corrected chi connectivity index (χ2v) is 7.51. The van der Waals surface area contributed by atoms with Crippen LogP contribution in [0.2, 0.25) is 0 Å². The number of benzene rings is 2. The van der Waals surface area contributed by atoms with Crippen LogP contribution in [0.25, 0.3) is 11.1 Å². The Morgan fingerprint density at radius 3 is 2.50 bits per heavy atom. The second kappa shape index (κ2) is 10.8. The van der Waals surface area contributed by atoms with Gasteiger partial charge in [-0.1, -0.05) is 38.0 Å². The topological polar surface area (TPSA) is 27.7 Å². The molecule has 3 rings (SSSR count). The summed E-state index contributed by atoms with van der Waals surface area (Å²) in [5.41, 5.74) is 0.447. The third-order valence-corrected chi connectivity index (χ3v) is 5.34. The second-order valence-electron chi connectivity index (χ2n) is 7.51. The van der Waals surface area contributed by atoms with E-state index in [1.807, 2.05) is 0 Å². The molecule has 2 atom stereocenters. The standard InChI is InChI=1S/C24H29F3O3/c1-3-5-6-13-29-17-8-12-21(30-15-17)19-10-9-18(23(26)24(19)27)16-7-11-22(28-4-2)20(25)14-16/h7,9-11,14,17,21H,3-6,8,12-13,15H2,1-2H3. The molecule has 0 spiro atoms. The van der Waals surface area contributed by atoms with Crippen LogP contribution in [0.3, 0.4) is 0 Å². The van der Waals surface area contributed by atoms with Gasteiger partial charge in [-0.05, 0) is 43.9 Å². The minimum atomic E-state index is -1.00. The molecule has 1 heterocycles. The van der Waals surface area contributed by atoms with Gasteiger partial charge >= 0.3 is 0 Å². The highest BCUT2D eigenvalue weighted by atomic mass is 19.2. The SMILES string of the molecule is CCCCCOC1CCC(c2ccc(-c3ccc(OCC)c(F)c3)c(F)c2F)OC1. The van der Waals surface area contributed by atoms with Gasteiger partial charge in [-0.15, -0.1) is 0 Å². The molecule has 0 aliphatic carbocycles. The van der Waals surface area contributed by atoms with Crippen molar-refractivity contribution in [3.8, 4) is 16.9 Å². The van der Waals surface area contributed by atoms with Crippen LogP contribution in [0.1, 0.15) is 57.6 Å². The van der Waals surface area contributed by atoms with Crippen molar-refractivity contribution < 1.29 is 27.4 Å². The fourth-order valence-corrected chi connectivity index (χ4v) is 3.68. The van der Waals surface area contributed by atoms with E-state index in [0.29, 0.717) is 26.2 Å². The average molecular weight is 422 g/mol. The van der Waals surface area contributed by atoms with E-state index in [4.69, 9.17) is 14.2 Å². The molecular formula is C24H29F3O3. The average Bonchev–Trinajstić information content (AvgIpc) is 2.75. The van der Waals surface area contributed by atoms with E-state index < -0.39 is 23.6 Å². The maximum atomic E-state index is 14.8. The lowest BCUT2D eigenvalue weighted by Crippen LogP contribution is -2.28. The first-order valence-electron chi connectivity index (χ1n) is 10.7. The van der Waals surface area contributed by atoms with Crippen molar-refractivity contribution in [2.24, 2.45) is 0 Å². The summed E-state index contributed by atoms with van der Waals surface area (Å²) in [5.74, 6) is -2.48. The van der Waals surface area contributed by atoms with Crippen LogP contribution >= 0.6 is 0 Å². The molecule has 0 bridgehead atoms. The molecule has 1 fully saturated rings. The molecule has 3 nitrogen and oxygen atoms in total. The molecule has 164 valence electrons. The first-order chi connectivity index (χ1) is 14.5. The fraction of sp³-hybridized carbons (Fsp3) is 0.500. The summed E-state index contributed by atoms with van der Waals surface area (Å²) >= 11 is 0. The highest BCUT2D eigenvalue weighted by molar-refractivity contribution is 5.66. The lowest BCUT2D eigenvalue weighted by Gasteiger charge is -2.29. The van der Waals surface area contributed by atoms with Crippen molar-refractivity contribution in [3.05, 3.63) is 53.3 Å². The zero-order chi connectivity index (χ0) is 21.5. The Morgan fingerprint density at radius 1 is 1.00 bits per heavy atom. The highest BCUT2D eigenvalue weighted by Crippen LogP contribution is 2.35. The summed E-state index contributed by atoms with van der Waals surface area (Å²) in [6.07, 6.45) is 4.07. The van der Waals surface area contributed by atoms with Crippen LogP contribution in [0.15, 0.2) is 30.3 Å². The van der Waals surface area contributed by atoms with Gasteiger partial charge in [0.15, 0.2) is 23.2 Å². The molecule has 0 amide bonds. The van der Waals surface area contributed by atoms with Gasteiger partial charge in [0, 0.05) is 17.7 Å². The molecular weight excluding hydrogens is 393 g/mol. The molecule has 0 aromatic heterocycles. The van der Waals surface area contributed by atoms with Crippen molar-refractivity contribution >= 4 is 0 Å². The number of unbranched alkanes of at least 4 members (excludes halogenated alkanes) is 2. The van der Waals surface area contributed by atoms with Gasteiger partial charge in [0.05, 0.1) is 25.4 Å².